The zero-order valence-electron chi connectivity index (χ0n) is 9.26. The SMILES string of the molecule is CC1CCN(Cc2ccccc2)C1CO. The van der Waals surface area contributed by atoms with E-state index in [0.29, 0.717) is 12.0 Å². The Bertz CT molecular complexity index is 299. The maximum absolute atomic E-state index is 9.34. The van der Waals surface area contributed by atoms with E-state index in [9.17, 15) is 5.11 Å². The second-order valence-electron chi connectivity index (χ2n) is 4.47. The van der Waals surface area contributed by atoms with E-state index in [-0.39, 0.29) is 6.61 Å². The molecule has 2 heteroatoms. The van der Waals surface area contributed by atoms with Crippen LogP contribution in [0.3, 0.4) is 0 Å². The van der Waals surface area contributed by atoms with Crippen molar-refractivity contribution in [1.82, 2.24) is 4.90 Å². The lowest BCUT2D eigenvalue weighted by atomic mass is 10.0. The predicted octanol–water partition coefficient (Wildman–Crippen LogP) is 1.89. The number of likely N-dealkylation sites (tertiary alicyclic amines) is 1. The Hall–Kier alpha value is -0.860. The third-order valence-corrected chi connectivity index (χ3v) is 3.41. The maximum atomic E-state index is 9.34. The quantitative estimate of drug-likeness (QED) is 0.814. The summed E-state index contributed by atoms with van der Waals surface area (Å²) in [5.41, 5.74) is 1.34. The van der Waals surface area contributed by atoms with Gasteiger partial charge in [-0.15, -0.1) is 0 Å². The first-order valence-corrected chi connectivity index (χ1v) is 5.70. The van der Waals surface area contributed by atoms with E-state index in [2.05, 4.69) is 36.1 Å². The van der Waals surface area contributed by atoms with Crippen molar-refractivity contribution in [3.63, 3.8) is 0 Å². The molecule has 2 unspecified atom stereocenters. The molecule has 2 rings (SSSR count). The molecule has 0 aliphatic carbocycles. The minimum atomic E-state index is 0.286. The van der Waals surface area contributed by atoms with Gasteiger partial charge in [-0.05, 0) is 24.4 Å². The summed E-state index contributed by atoms with van der Waals surface area (Å²) in [6.07, 6.45) is 1.21. The van der Waals surface area contributed by atoms with Crippen LogP contribution in [-0.4, -0.2) is 29.2 Å². The Morgan fingerprint density at radius 2 is 2.07 bits per heavy atom. The first-order chi connectivity index (χ1) is 7.31. The summed E-state index contributed by atoms with van der Waals surface area (Å²) < 4.78 is 0. The van der Waals surface area contributed by atoms with E-state index in [0.717, 1.165) is 13.1 Å². The molecule has 2 nitrogen and oxygen atoms in total. The molecule has 0 aromatic heterocycles. The third kappa shape index (κ3) is 2.39. The number of benzene rings is 1. The topological polar surface area (TPSA) is 23.5 Å². The normalized spacial score (nSPS) is 27.1. The van der Waals surface area contributed by atoms with E-state index in [1.807, 2.05) is 6.07 Å². The van der Waals surface area contributed by atoms with Crippen LogP contribution in [0.1, 0.15) is 18.9 Å². The van der Waals surface area contributed by atoms with Crippen molar-refractivity contribution in [3.05, 3.63) is 35.9 Å². The van der Waals surface area contributed by atoms with Gasteiger partial charge in [0.1, 0.15) is 0 Å². The van der Waals surface area contributed by atoms with Gasteiger partial charge in [-0.3, -0.25) is 4.90 Å². The summed E-state index contributed by atoms with van der Waals surface area (Å²) in [5.74, 6) is 0.624. The van der Waals surface area contributed by atoms with Crippen LogP contribution in [0.25, 0.3) is 0 Å². The van der Waals surface area contributed by atoms with Gasteiger partial charge in [0.2, 0.25) is 0 Å². The molecule has 1 saturated heterocycles. The smallest absolute Gasteiger partial charge is 0.0589 e. The first-order valence-electron chi connectivity index (χ1n) is 5.70. The molecular weight excluding hydrogens is 186 g/mol. The van der Waals surface area contributed by atoms with Crippen molar-refractivity contribution in [2.75, 3.05) is 13.2 Å². The van der Waals surface area contributed by atoms with Gasteiger partial charge in [0, 0.05) is 12.6 Å². The van der Waals surface area contributed by atoms with Crippen molar-refractivity contribution < 1.29 is 5.11 Å². The van der Waals surface area contributed by atoms with Crippen LogP contribution in [-0.2, 0) is 6.54 Å². The highest BCUT2D eigenvalue weighted by Gasteiger charge is 2.29. The molecule has 0 bridgehead atoms. The average Bonchev–Trinajstić information content (AvgIpc) is 2.61. The standard InChI is InChI=1S/C13H19NO/c1-11-7-8-14(13(11)10-15)9-12-5-3-2-4-6-12/h2-6,11,13,15H,7-10H2,1H3. The molecule has 1 aromatic carbocycles. The molecule has 0 saturated carbocycles. The molecule has 0 radical (unpaired) electrons. The molecule has 1 aliphatic rings. The van der Waals surface area contributed by atoms with E-state index >= 15 is 0 Å². The zero-order chi connectivity index (χ0) is 10.7. The highest BCUT2D eigenvalue weighted by molar-refractivity contribution is 5.14. The Morgan fingerprint density at radius 3 is 2.73 bits per heavy atom. The summed E-state index contributed by atoms with van der Waals surface area (Å²) in [7, 11) is 0. The second-order valence-corrected chi connectivity index (χ2v) is 4.47. The summed E-state index contributed by atoms with van der Waals surface area (Å²) >= 11 is 0. The van der Waals surface area contributed by atoms with Crippen LogP contribution in [0.15, 0.2) is 30.3 Å². The van der Waals surface area contributed by atoms with Crippen LogP contribution < -0.4 is 0 Å². The zero-order valence-corrected chi connectivity index (χ0v) is 9.26. The predicted molar refractivity (Wildman–Crippen MR) is 61.5 cm³/mol. The number of aliphatic hydroxyl groups excluding tert-OH is 1. The van der Waals surface area contributed by atoms with Crippen LogP contribution in [0.2, 0.25) is 0 Å². The molecule has 1 N–H and O–H groups in total. The summed E-state index contributed by atoms with van der Waals surface area (Å²) in [5, 5.41) is 9.34. The van der Waals surface area contributed by atoms with Gasteiger partial charge in [-0.2, -0.15) is 0 Å². The fourth-order valence-electron chi connectivity index (χ4n) is 2.40. The fraction of sp³-hybridized carbons (Fsp3) is 0.538. The van der Waals surface area contributed by atoms with Gasteiger partial charge >= 0.3 is 0 Å². The van der Waals surface area contributed by atoms with Gasteiger partial charge < -0.3 is 5.11 Å². The summed E-state index contributed by atoms with van der Waals surface area (Å²) in [6, 6.07) is 10.8. The van der Waals surface area contributed by atoms with E-state index < -0.39 is 0 Å². The van der Waals surface area contributed by atoms with E-state index in [4.69, 9.17) is 0 Å². The van der Waals surface area contributed by atoms with E-state index in [1.165, 1.54) is 12.0 Å². The average molecular weight is 205 g/mol. The number of aliphatic hydroxyl groups is 1. The Morgan fingerprint density at radius 1 is 1.33 bits per heavy atom. The molecule has 0 amide bonds. The highest BCUT2D eigenvalue weighted by atomic mass is 16.3. The summed E-state index contributed by atoms with van der Waals surface area (Å²) in [4.78, 5) is 2.39. The largest absolute Gasteiger partial charge is 0.395 e. The van der Waals surface area contributed by atoms with Crippen molar-refractivity contribution in [3.8, 4) is 0 Å². The van der Waals surface area contributed by atoms with Crippen molar-refractivity contribution in [2.45, 2.75) is 25.9 Å². The van der Waals surface area contributed by atoms with Crippen molar-refractivity contribution >= 4 is 0 Å². The minimum Gasteiger partial charge on any atom is -0.395 e. The van der Waals surface area contributed by atoms with Crippen molar-refractivity contribution in [2.24, 2.45) is 5.92 Å². The number of nitrogens with zero attached hydrogens (tertiary/aromatic N) is 1. The van der Waals surface area contributed by atoms with Crippen LogP contribution >= 0.6 is 0 Å². The second kappa shape index (κ2) is 4.77. The third-order valence-electron chi connectivity index (χ3n) is 3.41. The van der Waals surface area contributed by atoms with Gasteiger partial charge in [0.25, 0.3) is 0 Å². The first kappa shape index (κ1) is 10.7. The lowest BCUT2D eigenvalue weighted by Crippen LogP contribution is -2.34. The molecule has 2 atom stereocenters. The van der Waals surface area contributed by atoms with Gasteiger partial charge in [0.05, 0.1) is 6.61 Å². The Balaban J connectivity index is 2.00. The molecular formula is C13H19NO. The van der Waals surface area contributed by atoms with Gasteiger partial charge in [-0.25, -0.2) is 0 Å². The maximum Gasteiger partial charge on any atom is 0.0589 e. The molecule has 0 spiro atoms. The van der Waals surface area contributed by atoms with Gasteiger partial charge in [0.15, 0.2) is 0 Å². The number of hydrogen-bond donors (Lipinski definition) is 1. The lowest BCUT2D eigenvalue weighted by Gasteiger charge is -2.24. The van der Waals surface area contributed by atoms with Crippen LogP contribution in [0, 0.1) is 5.92 Å². The fourth-order valence-corrected chi connectivity index (χ4v) is 2.40. The number of hydrogen-bond acceptors (Lipinski definition) is 2. The van der Waals surface area contributed by atoms with Crippen molar-refractivity contribution in [1.29, 1.82) is 0 Å². The molecule has 1 aliphatic heterocycles. The van der Waals surface area contributed by atoms with E-state index in [1.54, 1.807) is 0 Å². The Kier molecular flexibility index (Phi) is 3.39. The lowest BCUT2D eigenvalue weighted by molar-refractivity contribution is 0.134. The Labute approximate surface area is 91.5 Å². The molecule has 82 valence electrons. The number of rotatable bonds is 3. The monoisotopic (exact) mass is 205 g/mol. The minimum absolute atomic E-state index is 0.286. The van der Waals surface area contributed by atoms with Crippen LogP contribution in [0.4, 0.5) is 0 Å². The highest BCUT2D eigenvalue weighted by Crippen LogP contribution is 2.25. The van der Waals surface area contributed by atoms with Gasteiger partial charge in [-0.1, -0.05) is 37.3 Å². The molecule has 1 fully saturated rings. The molecule has 15 heavy (non-hydrogen) atoms. The summed E-state index contributed by atoms with van der Waals surface area (Å²) in [6.45, 7) is 4.59. The molecule has 1 heterocycles. The van der Waals surface area contributed by atoms with Crippen LogP contribution in [0.5, 0.6) is 0 Å². The molecule has 1 aromatic rings.